The second-order valence-corrected chi connectivity index (χ2v) is 5.92. The molecule has 1 aromatic heterocycles. The van der Waals surface area contributed by atoms with Crippen molar-refractivity contribution in [2.75, 3.05) is 19.6 Å². The van der Waals surface area contributed by atoms with Crippen LogP contribution in [-0.2, 0) is 0 Å². The molecule has 0 aromatic carbocycles. The molecule has 2 fully saturated rings. The van der Waals surface area contributed by atoms with Crippen molar-refractivity contribution in [3.63, 3.8) is 0 Å². The summed E-state index contributed by atoms with van der Waals surface area (Å²) in [5.74, 6) is 0.591. The Morgan fingerprint density at radius 2 is 2.21 bits per heavy atom. The van der Waals surface area contributed by atoms with Crippen molar-refractivity contribution in [2.45, 2.75) is 31.7 Å². The van der Waals surface area contributed by atoms with E-state index in [0.717, 1.165) is 29.8 Å². The first kappa shape index (κ1) is 14.8. The summed E-state index contributed by atoms with van der Waals surface area (Å²) in [5.41, 5.74) is 1.62. The van der Waals surface area contributed by atoms with E-state index >= 15 is 0 Å². The Balaban J connectivity index is 0.00000133. The number of carbonyl (C=O) groups is 1. The maximum atomic E-state index is 12.5. The normalized spacial score (nSPS) is 23.1. The third-order valence-electron chi connectivity index (χ3n) is 3.68. The maximum Gasteiger partial charge on any atom is 0.275 e. The van der Waals surface area contributed by atoms with Crippen LogP contribution in [0.3, 0.4) is 0 Å². The van der Waals surface area contributed by atoms with E-state index in [1.165, 1.54) is 12.8 Å². The van der Waals surface area contributed by atoms with Gasteiger partial charge in [0.15, 0.2) is 5.69 Å². The van der Waals surface area contributed by atoms with Gasteiger partial charge in [-0.25, -0.2) is 0 Å². The number of H-pyrrole nitrogens is 1. The Bertz CT molecular complexity index is 474. The molecule has 2 N–H and O–H groups in total. The van der Waals surface area contributed by atoms with Gasteiger partial charge in [0.1, 0.15) is 0 Å². The molecule has 1 aliphatic heterocycles. The molecule has 7 heteroatoms. The van der Waals surface area contributed by atoms with Gasteiger partial charge >= 0.3 is 0 Å². The first-order valence-electron chi connectivity index (χ1n) is 6.44. The average molecular weight is 350 g/mol. The van der Waals surface area contributed by atoms with E-state index in [2.05, 4.69) is 38.4 Å². The molecule has 1 saturated carbocycles. The number of rotatable bonds is 2. The van der Waals surface area contributed by atoms with Crippen molar-refractivity contribution >= 4 is 34.2 Å². The second kappa shape index (κ2) is 5.81. The Morgan fingerprint density at radius 1 is 1.47 bits per heavy atom. The van der Waals surface area contributed by atoms with Crippen LogP contribution in [-0.4, -0.2) is 46.7 Å². The van der Waals surface area contributed by atoms with Crippen LogP contribution < -0.4 is 5.32 Å². The number of nitrogens with zero attached hydrogens (tertiary/aromatic N) is 2. The van der Waals surface area contributed by atoms with Gasteiger partial charge in [0.2, 0.25) is 0 Å². The lowest BCUT2D eigenvalue weighted by Crippen LogP contribution is -2.52. The van der Waals surface area contributed by atoms with Crippen molar-refractivity contribution in [1.82, 2.24) is 20.4 Å². The molecule has 19 heavy (non-hydrogen) atoms. The van der Waals surface area contributed by atoms with Crippen LogP contribution in [0.5, 0.6) is 0 Å². The summed E-state index contributed by atoms with van der Waals surface area (Å²) in [4.78, 5) is 14.4. The average Bonchev–Trinajstić information content (AvgIpc) is 3.13. The van der Waals surface area contributed by atoms with Crippen LogP contribution in [0.25, 0.3) is 0 Å². The number of carbonyl (C=O) groups excluding carboxylic acids is 1. The van der Waals surface area contributed by atoms with Gasteiger partial charge < -0.3 is 10.2 Å². The van der Waals surface area contributed by atoms with Gasteiger partial charge in [-0.1, -0.05) is 0 Å². The van der Waals surface area contributed by atoms with Crippen molar-refractivity contribution < 1.29 is 4.79 Å². The zero-order chi connectivity index (χ0) is 12.7. The summed E-state index contributed by atoms with van der Waals surface area (Å²) in [6.07, 6.45) is 2.39. The fourth-order valence-electron chi connectivity index (χ4n) is 2.40. The van der Waals surface area contributed by atoms with Crippen LogP contribution in [0, 0.1) is 0 Å². The molecule has 1 amide bonds. The molecule has 0 radical (unpaired) electrons. The van der Waals surface area contributed by atoms with Gasteiger partial charge in [0.25, 0.3) is 5.91 Å². The molecule has 0 unspecified atom stereocenters. The molecule has 0 bridgehead atoms. The molecule has 1 atom stereocenters. The van der Waals surface area contributed by atoms with Gasteiger partial charge in [0, 0.05) is 31.6 Å². The van der Waals surface area contributed by atoms with E-state index in [0.29, 0.717) is 11.6 Å². The lowest BCUT2D eigenvalue weighted by molar-refractivity contribution is 0.0648. The van der Waals surface area contributed by atoms with Crippen LogP contribution in [0.15, 0.2) is 4.47 Å². The minimum Gasteiger partial charge on any atom is -0.332 e. The van der Waals surface area contributed by atoms with Gasteiger partial charge in [-0.05, 0) is 35.7 Å². The first-order valence-corrected chi connectivity index (χ1v) is 7.23. The number of piperazine rings is 1. The zero-order valence-electron chi connectivity index (χ0n) is 10.8. The standard InChI is InChI=1S/C12H17BrN4O.ClH/c1-7-6-14-4-5-17(7)12(18)11-9(13)10(15-16-11)8-2-3-8;/h7-8,14H,2-6H2,1H3,(H,15,16);1H/t7-;/m0./s1. The van der Waals surface area contributed by atoms with E-state index in [1.807, 2.05) is 4.90 Å². The molecule has 5 nitrogen and oxygen atoms in total. The van der Waals surface area contributed by atoms with Gasteiger partial charge in [-0.3, -0.25) is 9.89 Å². The third-order valence-corrected chi connectivity index (χ3v) is 4.49. The largest absolute Gasteiger partial charge is 0.332 e. The quantitative estimate of drug-likeness (QED) is 0.857. The smallest absolute Gasteiger partial charge is 0.275 e. The molecule has 2 heterocycles. The Morgan fingerprint density at radius 3 is 2.84 bits per heavy atom. The lowest BCUT2D eigenvalue weighted by Gasteiger charge is -2.33. The maximum absolute atomic E-state index is 12.5. The summed E-state index contributed by atoms with van der Waals surface area (Å²) in [6, 6.07) is 0.222. The summed E-state index contributed by atoms with van der Waals surface area (Å²) >= 11 is 3.52. The van der Waals surface area contributed by atoms with E-state index in [9.17, 15) is 4.79 Å². The van der Waals surface area contributed by atoms with Crippen molar-refractivity contribution in [3.05, 3.63) is 15.9 Å². The van der Waals surface area contributed by atoms with E-state index in [-0.39, 0.29) is 24.4 Å². The van der Waals surface area contributed by atoms with Crippen LogP contribution in [0.1, 0.15) is 41.9 Å². The number of amides is 1. The second-order valence-electron chi connectivity index (χ2n) is 5.13. The van der Waals surface area contributed by atoms with E-state index < -0.39 is 0 Å². The van der Waals surface area contributed by atoms with Crippen molar-refractivity contribution in [3.8, 4) is 0 Å². The molecule has 106 valence electrons. The predicted octanol–water partition coefficient (Wildman–Crippen LogP) is 1.91. The highest BCUT2D eigenvalue weighted by Crippen LogP contribution is 2.43. The molecule has 0 spiro atoms. The zero-order valence-corrected chi connectivity index (χ0v) is 13.2. The fourth-order valence-corrected chi connectivity index (χ4v) is 3.08. The number of hydrogen-bond acceptors (Lipinski definition) is 3. The molecule has 2 aliphatic rings. The van der Waals surface area contributed by atoms with Crippen molar-refractivity contribution in [2.24, 2.45) is 0 Å². The van der Waals surface area contributed by atoms with Crippen LogP contribution in [0.4, 0.5) is 0 Å². The highest BCUT2D eigenvalue weighted by atomic mass is 79.9. The monoisotopic (exact) mass is 348 g/mol. The number of aromatic amines is 1. The fraction of sp³-hybridized carbons (Fsp3) is 0.667. The van der Waals surface area contributed by atoms with Gasteiger partial charge in [0.05, 0.1) is 10.2 Å². The topological polar surface area (TPSA) is 61.0 Å². The number of aromatic nitrogens is 2. The molecule has 1 aromatic rings. The molecular weight excluding hydrogens is 332 g/mol. The number of hydrogen-bond donors (Lipinski definition) is 2. The predicted molar refractivity (Wildman–Crippen MR) is 78.9 cm³/mol. The summed E-state index contributed by atoms with van der Waals surface area (Å²) in [7, 11) is 0. The summed E-state index contributed by atoms with van der Waals surface area (Å²) in [5, 5.41) is 10.5. The molecule has 1 aliphatic carbocycles. The minimum absolute atomic E-state index is 0. The minimum atomic E-state index is 0. The Hall–Kier alpha value is -0.590. The Kier molecular flexibility index (Phi) is 4.53. The highest BCUT2D eigenvalue weighted by Gasteiger charge is 2.33. The SMILES string of the molecule is C[C@H]1CNCCN1C(=O)c1n[nH]c(C2CC2)c1Br.Cl. The van der Waals surface area contributed by atoms with E-state index in [4.69, 9.17) is 0 Å². The Labute approximate surface area is 127 Å². The molecule has 1 saturated heterocycles. The first-order chi connectivity index (χ1) is 8.68. The van der Waals surface area contributed by atoms with Gasteiger partial charge in [-0.2, -0.15) is 5.10 Å². The summed E-state index contributed by atoms with van der Waals surface area (Å²) in [6.45, 7) is 4.52. The van der Waals surface area contributed by atoms with Crippen molar-refractivity contribution in [1.29, 1.82) is 0 Å². The third kappa shape index (κ3) is 2.80. The lowest BCUT2D eigenvalue weighted by atomic mass is 10.2. The number of halogens is 2. The van der Waals surface area contributed by atoms with Crippen LogP contribution >= 0.6 is 28.3 Å². The summed E-state index contributed by atoms with van der Waals surface area (Å²) < 4.78 is 0.862. The molecular formula is C12H18BrClN4O. The van der Waals surface area contributed by atoms with E-state index in [1.54, 1.807) is 0 Å². The number of nitrogens with one attached hydrogen (secondary N) is 2. The highest BCUT2D eigenvalue weighted by molar-refractivity contribution is 9.10. The van der Waals surface area contributed by atoms with Gasteiger partial charge in [-0.15, -0.1) is 12.4 Å². The molecule has 3 rings (SSSR count). The van der Waals surface area contributed by atoms with Crippen LogP contribution in [0.2, 0.25) is 0 Å².